The Labute approximate surface area is 153 Å². The average molecular weight is 371 g/mol. The first-order chi connectivity index (χ1) is 11.5. The van der Waals surface area contributed by atoms with Crippen molar-refractivity contribution in [2.75, 3.05) is 18.4 Å². The van der Waals surface area contributed by atoms with Crippen LogP contribution in [-0.4, -0.2) is 29.8 Å². The van der Waals surface area contributed by atoms with E-state index < -0.39 is 0 Å². The van der Waals surface area contributed by atoms with E-state index in [4.69, 9.17) is 23.2 Å². The number of benzene rings is 1. The number of carbonyl (C=O) groups excluding carboxylic acids is 2. The molecule has 24 heavy (non-hydrogen) atoms. The van der Waals surface area contributed by atoms with Gasteiger partial charge in [-0.05, 0) is 31.4 Å². The predicted molar refractivity (Wildman–Crippen MR) is 98.5 cm³/mol. The Balaban J connectivity index is 1.86. The maximum absolute atomic E-state index is 12.3. The summed E-state index contributed by atoms with van der Waals surface area (Å²) < 4.78 is 0. The van der Waals surface area contributed by atoms with Crippen molar-refractivity contribution in [3.8, 4) is 0 Å². The Bertz CT molecular complexity index is 566. The number of nitrogens with one attached hydrogen (secondary N) is 1. The van der Waals surface area contributed by atoms with Gasteiger partial charge in [0.1, 0.15) is 0 Å². The van der Waals surface area contributed by atoms with Crippen molar-refractivity contribution < 1.29 is 9.59 Å². The quantitative estimate of drug-likeness (QED) is 0.752. The molecule has 0 atom stereocenters. The Morgan fingerprint density at radius 2 is 1.83 bits per heavy atom. The molecule has 1 aliphatic rings. The summed E-state index contributed by atoms with van der Waals surface area (Å²) in [6, 6.07) is 5.03. The van der Waals surface area contributed by atoms with Crippen LogP contribution >= 0.6 is 23.2 Å². The van der Waals surface area contributed by atoms with E-state index in [9.17, 15) is 9.59 Å². The molecule has 4 nitrogen and oxygen atoms in total. The molecule has 0 saturated heterocycles. The van der Waals surface area contributed by atoms with Crippen molar-refractivity contribution in [1.82, 2.24) is 4.90 Å². The van der Waals surface area contributed by atoms with Gasteiger partial charge in [0.05, 0.1) is 22.3 Å². The van der Waals surface area contributed by atoms with E-state index in [1.807, 2.05) is 6.92 Å². The maximum Gasteiger partial charge on any atom is 0.244 e. The van der Waals surface area contributed by atoms with Crippen LogP contribution in [0, 0.1) is 5.92 Å². The van der Waals surface area contributed by atoms with Crippen LogP contribution in [-0.2, 0) is 9.59 Å². The molecule has 1 fully saturated rings. The highest BCUT2D eigenvalue weighted by atomic mass is 35.5. The summed E-state index contributed by atoms with van der Waals surface area (Å²) in [5.41, 5.74) is 0.389. The summed E-state index contributed by atoms with van der Waals surface area (Å²) in [6.07, 6.45) is 6.44. The molecule has 0 heterocycles. The minimum absolute atomic E-state index is 0.0154. The number of likely N-dealkylation sites (N-methyl/N-ethyl adjacent to an activating group) is 1. The highest BCUT2D eigenvalue weighted by Crippen LogP contribution is 2.30. The van der Waals surface area contributed by atoms with E-state index in [2.05, 4.69) is 5.32 Å². The molecule has 0 aliphatic heterocycles. The zero-order chi connectivity index (χ0) is 17.5. The van der Waals surface area contributed by atoms with Crippen molar-refractivity contribution in [1.29, 1.82) is 0 Å². The summed E-state index contributed by atoms with van der Waals surface area (Å²) in [4.78, 5) is 26.2. The second-order valence-electron chi connectivity index (χ2n) is 6.24. The van der Waals surface area contributed by atoms with Gasteiger partial charge < -0.3 is 10.2 Å². The molecule has 0 bridgehead atoms. The van der Waals surface area contributed by atoms with E-state index in [0.29, 0.717) is 34.6 Å². The lowest BCUT2D eigenvalue weighted by molar-refractivity contribution is -0.134. The van der Waals surface area contributed by atoms with E-state index in [-0.39, 0.29) is 18.4 Å². The molecule has 1 aromatic carbocycles. The minimum atomic E-state index is -0.291. The Morgan fingerprint density at radius 3 is 2.42 bits per heavy atom. The number of para-hydroxylation sites is 1. The van der Waals surface area contributed by atoms with Gasteiger partial charge >= 0.3 is 0 Å². The molecule has 0 unspecified atom stereocenters. The van der Waals surface area contributed by atoms with Crippen LogP contribution in [0.2, 0.25) is 10.0 Å². The number of anilines is 1. The molecule has 132 valence electrons. The fraction of sp³-hybridized carbons (Fsp3) is 0.556. The number of hydrogen-bond acceptors (Lipinski definition) is 2. The summed E-state index contributed by atoms with van der Waals surface area (Å²) >= 11 is 12.1. The molecular formula is C18H24Cl2N2O2. The summed E-state index contributed by atoms with van der Waals surface area (Å²) in [5.74, 6) is 0.411. The Kier molecular flexibility index (Phi) is 7.38. The topological polar surface area (TPSA) is 49.4 Å². The second kappa shape index (κ2) is 9.28. The minimum Gasteiger partial charge on any atom is -0.334 e. The summed E-state index contributed by atoms with van der Waals surface area (Å²) in [5, 5.41) is 3.46. The fourth-order valence-electron chi connectivity index (χ4n) is 3.13. The highest BCUT2D eigenvalue weighted by Gasteiger charge is 2.20. The molecule has 1 aliphatic carbocycles. The largest absolute Gasteiger partial charge is 0.334 e. The van der Waals surface area contributed by atoms with Crippen LogP contribution in [0.15, 0.2) is 18.2 Å². The maximum atomic E-state index is 12.3. The van der Waals surface area contributed by atoms with Crippen molar-refractivity contribution in [2.45, 2.75) is 45.4 Å². The first-order valence-corrected chi connectivity index (χ1v) is 9.28. The van der Waals surface area contributed by atoms with Crippen LogP contribution < -0.4 is 5.32 Å². The lowest BCUT2D eigenvalue weighted by Crippen LogP contribution is -2.38. The van der Waals surface area contributed by atoms with Gasteiger partial charge in [0.2, 0.25) is 11.8 Å². The SMILES string of the molecule is CCN(CC(=O)Nc1c(Cl)cccc1Cl)C(=O)CCC1CCCC1. The third kappa shape index (κ3) is 5.38. The van der Waals surface area contributed by atoms with Crippen molar-refractivity contribution in [3.05, 3.63) is 28.2 Å². The van der Waals surface area contributed by atoms with E-state index in [1.165, 1.54) is 25.7 Å². The zero-order valence-electron chi connectivity index (χ0n) is 14.0. The molecule has 2 amide bonds. The zero-order valence-corrected chi connectivity index (χ0v) is 15.5. The lowest BCUT2D eigenvalue weighted by Gasteiger charge is -2.21. The van der Waals surface area contributed by atoms with Gasteiger partial charge in [-0.3, -0.25) is 9.59 Å². The lowest BCUT2D eigenvalue weighted by atomic mass is 10.0. The molecule has 0 aromatic heterocycles. The molecule has 6 heteroatoms. The molecule has 1 N–H and O–H groups in total. The van der Waals surface area contributed by atoms with Gasteiger partial charge in [0.15, 0.2) is 0 Å². The van der Waals surface area contributed by atoms with Crippen LogP contribution in [0.3, 0.4) is 0 Å². The third-order valence-electron chi connectivity index (χ3n) is 4.54. The van der Waals surface area contributed by atoms with Crippen LogP contribution in [0.5, 0.6) is 0 Å². The number of nitrogens with zero attached hydrogens (tertiary/aromatic N) is 1. The number of hydrogen-bond donors (Lipinski definition) is 1. The third-order valence-corrected chi connectivity index (χ3v) is 5.17. The monoisotopic (exact) mass is 370 g/mol. The van der Waals surface area contributed by atoms with E-state index in [0.717, 1.165) is 6.42 Å². The van der Waals surface area contributed by atoms with Crippen molar-refractivity contribution >= 4 is 40.7 Å². The van der Waals surface area contributed by atoms with Crippen molar-refractivity contribution in [2.24, 2.45) is 5.92 Å². The summed E-state index contributed by atoms with van der Waals surface area (Å²) in [7, 11) is 0. The van der Waals surface area contributed by atoms with Gasteiger partial charge in [-0.25, -0.2) is 0 Å². The number of rotatable bonds is 7. The Hall–Kier alpha value is -1.26. The standard InChI is InChI=1S/C18H24Cl2N2O2/c1-2-22(17(24)11-10-13-6-3-4-7-13)12-16(23)21-18-14(19)8-5-9-15(18)20/h5,8-9,13H,2-4,6-7,10-12H2,1H3,(H,21,23). The van der Waals surface area contributed by atoms with Gasteiger partial charge in [-0.1, -0.05) is 55.0 Å². The van der Waals surface area contributed by atoms with Crippen LogP contribution in [0.1, 0.15) is 45.4 Å². The highest BCUT2D eigenvalue weighted by molar-refractivity contribution is 6.39. The second-order valence-corrected chi connectivity index (χ2v) is 7.06. The molecule has 1 aromatic rings. The van der Waals surface area contributed by atoms with E-state index in [1.54, 1.807) is 23.1 Å². The van der Waals surface area contributed by atoms with Crippen LogP contribution in [0.25, 0.3) is 0 Å². The number of amides is 2. The molecular weight excluding hydrogens is 347 g/mol. The van der Waals surface area contributed by atoms with E-state index >= 15 is 0 Å². The molecule has 0 spiro atoms. The fourth-order valence-corrected chi connectivity index (χ4v) is 3.62. The van der Waals surface area contributed by atoms with Gasteiger partial charge in [0, 0.05) is 13.0 Å². The van der Waals surface area contributed by atoms with Crippen molar-refractivity contribution in [3.63, 3.8) is 0 Å². The first kappa shape index (κ1) is 19.1. The summed E-state index contributed by atoms with van der Waals surface area (Å²) in [6.45, 7) is 2.40. The smallest absolute Gasteiger partial charge is 0.244 e. The molecule has 0 radical (unpaired) electrons. The van der Waals surface area contributed by atoms with Gasteiger partial charge in [-0.15, -0.1) is 0 Å². The van der Waals surface area contributed by atoms with Gasteiger partial charge in [0.25, 0.3) is 0 Å². The first-order valence-electron chi connectivity index (χ1n) is 8.53. The normalized spacial score (nSPS) is 14.6. The number of carbonyl (C=O) groups is 2. The molecule has 2 rings (SSSR count). The number of halogens is 2. The average Bonchev–Trinajstić information content (AvgIpc) is 3.07. The predicted octanol–water partition coefficient (Wildman–Crippen LogP) is 4.75. The molecule has 1 saturated carbocycles. The van der Waals surface area contributed by atoms with Gasteiger partial charge in [-0.2, -0.15) is 0 Å². The van der Waals surface area contributed by atoms with Crippen LogP contribution in [0.4, 0.5) is 5.69 Å². The Morgan fingerprint density at radius 1 is 1.21 bits per heavy atom.